The minimum absolute atomic E-state index is 0.198. The molecule has 17 nitrogen and oxygen atoms in total. The first-order valence-electron chi connectivity index (χ1n) is 28.0. The number of nitrogens with one attached hydrogen (secondary N) is 3. The monoisotopic (exact) mass is 1260 g/mol. The summed E-state index contributed by atoms with van der Waals surface area (Å²) >= 11 is 3.40. The van der Waals surface area contributed by atoms with E-state index < -0.39 is 36.0 Å². The van der Waals surface area contributed by atoms with E-state index in [-0.39, 0.29) is 30.5 Å². The molecule has 6 aromatic rings. The Morgan fingerprint density at radius 3 is 1.23 bits per heavy atom. The average molecular weight is 1260 g/mol. The van der Waals surface area contributed by atoms with Crippen LogP contribution >= 0.6 is 15.9 Å². The number of carbonyl (C=O) groups excluding carboxylic acids is 1. The van der Waals surface area contributed by atoms with E-state index in [2.05, 4.69) is 31.9 Å². The smallest absolute Gasteiger partial charge is 0.303 e. The Kier molecular flexibility index (Phi) is 22.6. The van der Waals surface area contributed by atoms with Gasteiger partial charge in [0, 0.05) is 52.2 Å². The second-order valence-corrected chi connectivity index (χ2v) is 27.8. The maximum Gasteiger partial charge on any atom is 0.303 e. The summed E-state index contributed by atoms with van der Waals surface area (Å²) in [4.78, 5) is 22.4. The average Bonchev–Trinajstić information content (AvgIpc) is 2.15. The summed E-state index contributed by atoms with van der Waals surface area (Å²) in [5.74, 6) is -1.01. The first-order chi connectivity index (χ1) is 39.6. The number of carbonyl (C=O) groups is 2. The first kappa shape index (κ1) is 64.4. The Morgan fingerprint density at radius 2 is 0.843 bits per heavy atom. The maximum atomic E-state index is 13.2. The van der Waals surface area contributed by atoms with Crippen LogP contribution in [0.2, 0.25) is 0 Å². The molecule has 6 N–H and O–H groups in total. The Hall–Kier alpha value is -6.17. The molecule has 0 spiro atoms. The van der Waals surface area contributed by atoms with Crippen molar-refractivity contribution in [3.63, 3.8) is 0 Å². The van der Waals surface area contributed by atoms with Gasteiger partial charge in [-0.1, -0.05) is 127 Å². The van der Waals surface area contributed by atoms with E-state index in [9.17, 15) is 34.8 Å². The summed E-state index contributed by atoms with van der Waals surface area (Å²) in [7, 11) is -4.39. The standard InChI is InChI=1S/C22H29N3O3S.C22H28N2O4S.C18H21BrN2O3S/c1-16-12-13-18-20(15-16)29(27,28)25(2)19-10-7-6-9-17(19)22(18)24-14-8-4-3-5-11-21(23)26;1-16-12-13-18-20(15-16)29(27,28)24(2)19-10-7-6-9-17(19)22(18)23-14-8-4-3-5-11-21(25)26;1-21-16-7-4-3-6-14(16)18(20-10-5-11-24-2)15-9-8-13(19)12-17(15)25(21,22)23/h6-7,9-10,12-13,15,22,24H,3-5,8,11,14H2,1-2H3,(H2,23,26);6-7,9-10,12-13,15,22-23H,3-5,8,11,14H2,1-2H3,(H,25,26);3-4,6-9,12,18,20H,5,10-11H2,1-2H3. The number of aryl methyl sites for hydroxylation is 2. The quantitative estimate of drug-likeness (QED) is 0.0422. The summed E-state index contributed by atoms with van der Waals surface area (Å²) < 4.78 is 89.2. The third-order valence-electron chi connectivity index (χ3n) is 15.2. The Morgan fingerprint density at radius 1 is 0.494 bits per heavy atom. The molecule has 0 aromatic heterocycles. The van der Waals surface area contributed by atoms with Gasteiger partial charge in [0.05, 0.1) is 49.9 Å². The molecule has 83 heavy (non-hydrogen) atoms. The maximum absolute atomic E-state index is 13.2. The lowest BCUT2D eigenvalue weighted by Crippen LogP contribution is -2.26. The normalized spacial score (nSPS) is 17.6. The summed E-state index contributed by atoms with van der Waals surface area (Å²) in [5, 5.41) is 19.3. The minimum Gasteiger partial charge on any atom is -0.481 e. The highest BCUT2D eigenvalue weighted by Crippen LogP contribution is 2.43. The number of nitrogens with two attached hydrogens (primary N) is 1. The van der Waals surface area contributed by atoms with Crippen molar-refractivity contribution in [1.29, 1.82) is 0 Å². The van der Waals surface area contributed by atoms with Gasteiger partial charge in [-0.2, -0.15) is 0 Å². The van der Waals surface area contributed by atoms with Gasteiger partial charge in [0.25, 0.3) is 30.1 Å². The van der Waals surface area contributed by atoms with Crippen LogP contribution in [0.15, 0.2) is 147 Å². The second-order valence-electron chi connectivity index (χ2n) is 21.1. The van der Waals surface area contributed by atoms with Crippen LogP contribution in [0, 0.1) is 13.8 Å². The number of nitrogens with zero attached hydrogens (tertiary/aromatic N) is 3. The highest BCUT2D eigenvalue weighted by molar-refractivity contribution is 9.10. The van der Waals surface area contributed by atoms with Crippen molar-refractivity contribution in [2.24, 2.45) is 5.73 Å². The third-order valence-corrected chi connectivity index (χ3v) is 21.1. The Labute approximate surface area is 499 Å². The fourth-order valence-corrected chi connectivity index (χ4v) is 15.8. The number of hydrogen-bond acceptors (Lipinski definition) is 12. The van der Waals surface area contributed by atoms with Crippen molar-refractivity contribution in [3.05, 3.63) is 176 Å². The molecule has 0 fully saturated rings. The zero-order valence-electron chi connectivity index (χ0n) is 48.1. The van der Waals surface area contributed by atoms with Gasteiger partial charge in [-0.3, -0.25) is 22.5 Å². The molecule has 3 atom stereocenters. The number of primary amides is 1. The zero-order valence-corrected chi connectivity index (χ0v) is 52.1. The zero-order chi connectivity index (χ0) is 60.1. The number of anilines is 3. The Balaban J connectivity index is 0.000000180. The lowest BCUT2D eigenvalue weighted by Gasteiger charge is -2.22. The number of para-hydroxylation sites is 3. The molecule has 3 heterocycles. The second kappa shape index (κ2) is 29.1. The number of methoxy groups -OCH3 is 1. The molecular weight excluding hydrogens is 1180 g/mol. The minimum atomic E-state index is -3.64. The number of sulfonamides is 3. The largest absolute Gasteiger partial charge is 0.481 e. The SMILES string of the molecule is COCCCNC1c2ccccc2N(C)S(=O)(=O)c2cc(Br)ccc21.Cc1ccc2c(c1)S(=O)(=O)N(C)c1ccccc1C2NCCCCCCC(=O)O.Cc1ccc2c(c1)S(=O)(=O)N(C)c1ccccc1C2NCCCCCCC(N)=O. The summed E-state index contributed by atoms with van der Waals surface area (Å²) in [6.45, 7) is 6.67. The van der Waals surface area contributed by atoms with Gasteiger partial charge in [0.2, 0.25) is 5.91 Å². The van der Waals surface area contributed by atoms with Crippen LogP contribution in [0.3, 0.4) is 0 Å². The summed E-state index contributed by atoms with van der Waals surface area (Å²) in [6.07, 6.45) is 8.61. The van der Waals surface area contributed by atoms with Gasteiger partial charge in [-0.05, 0) is 153 Å². The van der Waals surface area contributed by atoms with Crippen molar-refractivity contribution in [2.45, 2.75) is 117 Å². The number of unbranched alkanes of at least 4 members (excludes halogenated alkanes) is 6. The van der Waals surface area contributed by atoms with Crippen molar-refractivity contribution < 1.29 is 44.7 Å². The van der Waals surface area contributed by atoms with Crippen LogP contribution in [-0.2, 0) is 44.4 Å². The van der Waals surface area contributed by atoms with Gasteiger partial charge >= 0.3 is 5.97 Å². The molecule has 0 saturated heterocycles. The first-order valence-corrected chi connectivity index (χ1v) is 33.2. The molecule has 3 aliphatic heterocycles. The van der Waals surface area contributed by atoms with E-state index in [4.69, 9.17) is 15.6 Å². The number of aliphatic carboxylic acids is 1. The van der Waals surface area contributed by atoms with Crippen molar-refractivity contribution >= 4 is 74.9 Å². The lowest BCUT2D eigenvalue weighted by atomic mass is 9.96. The number of amides is 1. The van der Waals surface area contributed by atoms with E-state index in [1.807, 2.05) is 123 Å². The van der Waals surface area contributed by atoms with Crippen LogP contribution in [0.4, 0.5) is 17.1 Å². The van der Waals surface area contributed by atoms with E-state index >= 15 is 0 Å². The van der Waals surface area contributed by atoms with Gasteiger partial charge in [-0.25, -0.2) is 25.3 Å². The highest BCUT2D eigenvalue weighted by Gasteiger charge is 2.38. The van der Waals surface area contributed by atoms with Crippen molar-refractivity contribution in [3.8, 4) is 0 Å². The molecule has 21 heteroatoms. The van der Waals surface area contributed by atoms with Crippen LogP contribution in [0.1, 0.15) is 133 Å². The predicted octanol–water partition coefficient (Wildman–Crippen LogP) is 10.4. The number of halogens is 1. The summed E-state index contributed by atoms with van der Waals surface area (Å²) in [5.41, 5.74) is 14.2. The number of carboxylic acid groups (broad SMARTS) is 1. The molecular formula is C62H78BrN7O10S3. The summed E-state index contributed by atoms with van der Waals surface area (Å²) in [6, 6.07) is 38.9. The number of rotatable bonds is 21. The number of hydrogen-bond donors (Lipinski definition) is 5. The molecule has 9 rings (SSSR count). The predicted molar refractivity (Wildman–Crippen MR) is 332 cm³/mol. The molecule has 3 aliphatic rings. The van der Waals surface area contributed by atoms with Gasteiger partial charge in [0.15, 0.2) is 0 Å². The highest BCUT2D eigenvalue weighted by atomic mass is 79.9. The number of ether oxygens (including phenoxy) is 1. The van der Waals surface area contributed by atoms with Crippen LogP contribution in [0.5, 0.6) is 0 Å². The molecule has 1 amide bonds. The van der Waals surface area contributed by atoms with Gasteiger partial charge in [0.1, 0.15) is 0 Å². The van der Waals surface area contributed by atoms with E-state index in [0.717, 1.165) is 120 Å². The van der Waals surface area contributed by atoms with E-state index in [1.165, 1.54) is 12.9 Å². The van der Waals surface area contributed by atoms with Gasteiger partial charge < -0.3 is 31.5 Å². The number of fused-ring (bicyclic) bond motifs is 6. The lowest BCUT2D eigenvalue weighted by molar-refractivity contribution is -0.137. The van der Waals surface area contributed by atoms with Crippen LogP contribution in [-0.4, -0.2) is 96.7 Å². The van der Waals surface area contributed by atoms with Crippen LogP contribution in [0.25, 0.3) is 0 Å². The molecule has 446 valence electrons. The molecule has 0 aliphatic carbocycles. The fraction of sp³-hybridized carbons (Fsp3) is 0.387. The molecule has 0 saturated carbocycles. The van der Waals surface area contributed by atoms with Crippen LogP contribution < -0.4 is 34.6 Å². The van der Waals surface area contributed by atoms with Gasteiger partial charge in [-0.15, -0.1) is 0 Å². The number of benzene rings is 6. The Bertz CT molecular complexity index is 3430. The topological polar surface area (TPSA) is 238 Å². The number of carboxylic acids is 1. The molecule has 0 bridgehead atoms. The van der Waals surface area contributed by atoms with Crippen molar-refractivity contribution in [2.75, 3.05) is 67.4 Å². The molecule has 6 aromatic carbocycles. The van der Waals surface area contributed by atoms with E-state index in [1.54, 1.807) is 46.5 Å². The third kappa shape index (κ3) is 15.4. The van der Waals surface area contributed by atoms with Crippen molar-refractivity contribution in [1.82, 2.24) is 16.0 Å². The molecule has 0 radical (unpaired) electrons. The van der Waals surface area contributed by atoms with E-state index in [0.29, 0.717) is 51.2 Å². The fourth-order valence-electron chi connectivity index (χ4n) is 10.7. The molecule has 3 unspecified atom stereocenters.